The van der Waals surface area contributed by atoms with Gasteiger partial charge in [0.15, 0.2) is 6.61 Å². The molecule has 21 heavy (non-hydrogen) atoms. The number of benzene rings is 1. The zero-order chi connectivity index (χ0) is 15.5. The third-order valence-electron chi connectivity index (χ3n) is 2.40. The lowest BCUT2D eigenvalue weighted by molar-refractivity contribution is -0.123. The number of hydrogen-bond acceptors (Lipinski definition) is 3. The van der Waals surface area contributed by atoms with Crippen molar-refractivity contribution >= 4 is 17.5 Å². The maximum Gasteiger partial charge on any atom is 0.257 e. The molecule has 0 spiro atoms. The molecule has 0 radical (unpaired) electrons. The largest absolute Gasteiger partial charge is 0.484 e. The quantitative estimate of drug-likeness (QED) is 0.597. The average Bonchev–Trinajstić information content (AvgIpc) is 2.46. The summed E-state index contributed by atoms with van der Waals surface area (Å²) in [6, 6.07) is 6.89. The summed E-state index contributed by atoms with van der Waals surface area (Å²) >= 11 is 0. The van der Waals surface area contributed by atoms with E-state index in [1.807, 2.05) is 19.9 Å². The van der Waals surface area contributed by atoms with Gasteiger partial charge in [-0.25, -0.2) is 0 Å². The minimum Gasteiger partial charge on any atom is -0.484 e. The molecule has 0 unspecified atom stereocenters. The van der Waals surface area contributed by atoms with Crippen LogP contribution in [0.4, 0.5) is 5.69 Å². The summed E-state index contributed by atoms with van der Waals surface area (Å²) in [6.45, 7) is 4.23. The number of carbonyl (C=O) groups excluding carboxylic acids is 2. The van der Waals surface area contributed by atoms with Gasteiger partial charge in [0.25, 0.3) is 5.91 Å². The standard InChI is InChI=1S/C16H20N2O3/c1-3-5-6-10-15(19)18-13-8-7-9-14(11-13)21-12-16(20)17-4-2/h3,5-11H,4,12H2,1-2H3,(H,17,20)(H,18,19). The van der Waals surface area contributed by atoms with E-state index < -0.39 is 0 Å². The maximum absolute atomic E-state index is 11.6. The lowest BCUT2D eigenvalue weighted by atomic mass is 10.3. The predicted octanol–water partition coefficient (Wildman–Crippen LogP) is 2.27. The molecule has 1 rings (SSSR count). The zero-order valence-corrected chi connectivity index (χ0v) is 12.3. The molecule has 0 fully saturated rings. The predicted molar refractivity (Wildman–Crippen MR) is 83.2 cm³/mol. The molecule has 0 saturated heterocycles. The molecule has 0 saturated carbocycles. The van der Waals surface area contributed by atoms with Crippen LogP contribution in [0, 0.1) is 0 Å². The summed E-state index contributed by atoms with van der Waals surface area (Å²) in [5.41, 5.74) is 0.610. The van der Waals surface area contributed by atoms with Crippen molar-refractivity contribution in [2.75, 3.05) is 18.5 Å². The van der Waals surface area contributed by atoms with Crippen LogP contribution in [0.1, 0.15) is 13.8 Å². The third-order valence-corrected chi connectivity index (χ3v) is 2.40. The molecule has 5 heteroatoms. The topological polar surface area (TPSA) is 67.4 Å². The summed E-state index contributed by atoms with van der Waals surface area (Å²) < 4.78 is 5.35. The van der Waals surface area contributed by atoms with Crippen molar-refractivity contribution in [2.45, 2.75) is 13.8 Å². The Hall–Kier alpha value is -2.56. The van der Waals surface area contributed by atoms with E-state index in [4.69, 9.17) is 4.74 Å². The first-order valence-electron chi connectivity index (χ1n) is 6.75. The van der Waals surface area contributed by atoms with E-state index in [0.29, 0.717) is 18.0 Å². The van der Waals surface area contributed by atoms with E-state index >= 15 is 0 Å². The summed E-state index contributed by atoms with van der Waals surface area (Å²) in [5.74, 6) is 0.117. The van der Waals surface area contributed by atoms with Crippen molar-refractivity contribution in [3.8, 4) is 5.75 Å². The lowest BCUT2D eigenvalue weighted by Gasteiger charge is -2.08. The molecule has 1 aromatic rings. The highest BCUT2D eigenvalue weighted by Gasteiger charge is 2.03. The number of allylic oxidation sites excluding steroid dienone is 3. The Morgan fingerprint density at radius 1 is 1.29 bits per heavy atom. The fourth-order valence-electron chi connectivity index (χ4n) is 1.50. The van der Waals surface area contributed by atoms with Crippen molar-refractivity contribution in [1.82, 2.24) is 5.32 Å². The normalized spacial score (nSPS) is 10.8. The van der Waals surface area contributed by atoms with Crippen LogP contribution >= 0.6 is 0 Å². The second-order valence-electron chi connectivity index (χ2n) is 4.14. The van der Waals surface area contributed by atoms with Gasteiger partial charge in [0.05, 0.1) is 0 Å². The van der Waals surface area contributed by atoms with Gasteiger partial charge in [0.1, 0.15) is 5.75 Å². The number of carbonyl (C=O) groups is 2. The Bertz CT molecular complexity index is 536. The van der Waals surface area contributed by atoms with Crippen LogP contribution in [-0.2, 0) is 9.59 Å². The summed E-state index contributed by atoms with van der Waals surface area (Å²) in [5, 5.41) is 5.36. The highest BCUT2D eigenvalue weighted by molar-refractivity contribution is 5.99. The van der Waals surface area contributed by atoms with Gasteiger partial charge in [-0.3, -0.25) is 9.59 Å². The number of amides is 2. The molecule has 112 valence electrons. The second-order valence-corrected chi connectivity index (χ2v) is 4.14. The van der Waals surface area contributed by atoms with E-state index in [1.165, 1.54) is 6.08 Å². The molecule has 2 N–H and O–H groups in total. The molecule has 0 aromatic heterocycles. The Kier molecular flexibility index (Phi) is 7.35. The summed E-state index contributed by atoms with van der Waals surface area (Å²) in [4.78, 5) is 22.9. The van der Waals surface area contributed by atoms with Crippen molar-refractivity contribution < 1.29 is 14.3 Å². The van der Waals surface area contributed by atoms with E-state index in [1.54, 1.807) is 36.4 Å². The molecule has 0 bridgehead atoms. The smallest absolute Gasteiger partial charge is 0.257 e. The Morgan fingerprint density at radius 3 is 2.81 bits per heavy atom. The second kappa shape index (κ2) is 9.36. The first-order chi connectivity index (χ1) is 10.2. The molecule has 0 heterocycles. The van der Waals surface area contributed by atoms with Gasteiger partial charge < -0.3 is 15.4 Å². The van der Waals surface area contributed by atoms with E-state index in [2.05, 4.69) is 10.6 Å². The first-order valence-corrected chi connectivity index (χ1v) is 6.75. The fraction of sp³-hybridized carbons (Fsp3) is 0.250. The Labute approximate surface area is 124 Å². The average molecular weight is 288 g/mol. The van der Waals surface area contributed by atoms with Gasteiger partial charge in [-0.15, -0.1) is 0 Å². The molecule has 0 aliphatic carbocycles. The summed E-state index contributed by atoms with van der Waals surface area (Å²) in [7, 11) is 0. The minimum absolute atomic E-state index is 0.0492. The highest BCUT2D eigenvalue weighted by atomic mass is 16.5. The van der Waals surface area contributed by atoms with E-state index in [9.17, 15) is 9.59 Å². The zero-order valence-electron chi connectivity index (χ0n) is 12.3. The number of hydrogen-bond donors (Lipinski definition) is 2. The highest BCUT2D eigenvalue weighted by Crippen LogP contribution is 2.17. The van der Waals surface area contributed by atoms with E-state index in [0.717, 1.165) is 0 Å². The van der Waals surface area contributed by atoms with Crippen molar-refractivity contribution in [2.24, 2.45) is 0 Å². The number of ether oxygens (including phenoxy) is 1. The van der Waals surface area contributed by atoms with Gasteiger partial charge in [-0.2, -0.15) is 0 Å². The summed E-state index contributed by atoms with van der Waals surface area (Å²) in [6.07, 6.45) is 6.69. The molecule has 5 nitrogen and oxygen atoms in total. The molecule has 0 aliphatic rings. The van der Waals surface area contributed by atoms with Gasteiger partial charge in [-0.05, 0) is 26.0 Å². The Balaban J connectivity index is 2.55. The molecule has 2 amide bonds. The Morgan fingerprint density at radius 2 is 2.10 bits per heavy atom. The van der Waals surface area contributed by atoms with Gasteiger partial charge >= 0.3 is 0 Å². The van der Waals surface area contributed by atoms with Crippen molar-refractivity contribution in [1.29, 1.82) is 0 Å². The lowest BCUT2D eigenvalue weighted by Crippen LogP contribution is -2.28. The van der Waals surface area contributed by atoms with Gasteiger partial charge in [0, 0.05) is 24.4 Å². The SMILES string of the molecule is CC=CC=CC(=O)Nc1cccc(OCC(=O)NCC)c1. The van der Waals surface area contributed by atoms with Crippen molar-refractivity contribution in [3.63, 3.8) is 0 Å². The van der Waals surface area contributed by atoms with Crippen LogP contribution in [0.5, 0.6) is 5.75 Å². The van der Waals surface area contributed by atoms with Crippen LogP contribution in [0.15, 0.2) is 48.6 Å². The first kappa shape index (κ1) is 16.5. The van der Waals surface area contributed by atoms with Gasteiger partial charge in [-0.1, -0.05) is 24.3 Å². The van der Waals surface area contributed by atoms with Crippen LogP contribution in [0.25, 0.3) is 0 Å². The number of likely N-dealkylation sites (N-methyl/N-ethyl adjacent to an activating group) is 1. The van der Waals surface area contributed by atoms with Crippen LogP contribution in [0.2, 0.25) is 0 Å². The maximum atomic E-state index is 11.6. The number of anilines is 1. The minimum atomic E-state index is -0.228. The monoisotopic (exact) mass is 288 g/mol. The van der Waals surface area contributed by atoms with Crippen molar-refractivity contribution in [3.05, 3.63) is 48.6 Å². The molecule has 1 aromatic carbocycles. The molecule has 0 atom stereocenters. The van der Waals surface area contributed by atoms with Crippen LogP contribution in [-0.4, -0.2) is 25.0 Å². The molecule has 0 aliphatic heterocycles. The number of nitrogens with one attached hydrogen (secondary N) is 2. The van der Waals surface area contributed by atoms with Crippen LogP contribution < -0.4 is 15.4 Å². The third kappa shape index (κ3) is 6.96. The molecular weight excluding hydrogens is 268 g/mol. The van der Waals surface area contributed by atoms with Gasteiger partial charge in [0.2, 0.25) is 5.91 Å². The van der Waals surface area contributed by atoms with E-state index in [-0.39, 0.29) is 18.4 Å². The number of rotatable bonds is 7. The fourth-order valence-corrected chi connectivity index (χ4v) is 1.50. The molecular formula is C16H20N2O3. The van der Waals surface area contributed by atoms with Crippen LogP contribution in [0.3, 0.4) is 0 Å².